The number of benzene rings is 1. The monoisotopic (exact) mass is 265 g/mol. The molecule has 0 saturated heterocycles. The van der Waals surface area contributed by atoms with Gasteiger partial charge in [0.15, 0.2) is 11.5 Å². The van der Waals surface area contributed by atoms with Crippen LogP contribution in [0.2, 0.25) is 0 Å². The molecule has 0 atom stereocenters. The molecule has 106 valence electrons. The molecule has 0 heterocycles. The van der Waals surface area contributed by atoms with E-state index in [-0.39, 0.29) is 0 Å². The molecular weight excluding hydrogens is 242 g/mol. The lowest BCUT2D eigenvalue weighted by Crippen LogP contribution is -2.01. The van der Waals surface area contributed by atoms with Gasteiger partial charge in [-0.2, -0.15) is 0 Å². The highest BCUT2D eigenvalue weighted by molar-refractivity contribution is 5.80. The van der Waals surface area contributed by atoms with Crippen molar-refractivity contribution in [3.05, 3.63) is 23.8 Å². The van der Waals surface area contributed by atoms with Crippen molar-refractivity contribution >= 4 is 6.21 Å². The van der Waals surface area contributed by atoms with Gasteiger partial charge in [0.05, 0.1) is 19.4 Å². The first-order valence-corrected chi connectivity index (χ1v) is 6.88. The first-order chi connectivity index (χ1) is 9.31. The maximum Gasteiger partial charge on any atom is 0.161 e. The van der Waals surface area contributed by atoms with E-state index in [0.29, 0.717) is 19.0 Å². The summed E-state index contributed by atoms with van der Waals surface area (Å²) in [5.74, 6) is 1.43. The zero-order chi connectivity index (χ0) is 13.9. The van der Waals surface area contributed by atoms with Crippen molar-refractivity contribution in [1.82, 2.24) is 0 Å². The van der Waals surface area contributed by atoms with Gasteiger partial charge in [-0.3, -0.25) is 0 Å². The highest BCUT2D eigenvalue weighted by Crippen LogP contribution is 2.28. The number of oxime groups is 1. The fourth-order valence-corrected chi connectivity index (χ4v) is 1.77. The van der Waals surface area contributed by atoms with Gasteiger partial charge in [0.2, 0.25) is 0 Å². The second-order valence-corrected chi connectivity index (χ2v) is 4.29. The molecule has 1 rings (SSSR count). The highest BCUT2D eigenvalue weighted by atomic mass is 16.5. The van der Waals surface area contributed by atoms with Gasteiger partial charge in [-0.05, 0) is 31.5 Å². The Morgan fingerprint density at radius 1 is 1.11 bits per heavy atom. The maximum absolute atomic E-state index is 8.53. The van der Waals surface area contributed by atoms with Crippen LogP contribution in [-0.2, 0) is 0 Å². The van der Waals surface area contributed by atoms with E-state index in [1.165, 1.54) is 25.5 Å². The van der Waals surface area contributed by atoms with Crippen molar-refractivity contribution in [2.24, 2.45) is 5.16 Å². The van der Waals surface area contributed by atoms with Crippen molar-refractivity contribution in [3.8, 4) is 11.5 Å². The Hall–Kier alpha value is -1.71. The lowest BCUT2D eigenvalue weighted by atomic mass is 10.2. The van der Waals surface area contributed by atoms with Crippen LogP contribution in [0.3, 0.4) is 0 Å². The smallest absolute Gasteiger partial charge is 0.161 e. The third-order valence-electron chi connectivity index (χ3n) is 2.73. The van der Waals surface area contributed by atoms with Crippen LogP contribution in [0.5, 0.6) is 11.5 Å². The Morgan fingerprint density at radius 3 is 2.63 bits per heavy atom. The van der Waals surface area contributed by atoms with Crippen molar-refractivity contribution in [2.45, 2.75) is 39.5 Å². The summed E-state index contributed by atoms with van der Waals surface area (Å²) in [4.78, 5) is 0. The molecule has 1 aromatic rings. The molecule has 0 unspecified atom stereocenters. The zero-order valence-corrected chi connectivity index (χ0v) is 11.8. The normalized spacial score (nSPS) is 10.8. The first-order valence-electron chi connectivity index (χ1n) is 6.88. The number of hydrogen-bond acceptors (Lipinski definition) is 4. The molecule has 0 aliphatic heterocycles. The first kappa shape index (κ1) is 15.3. The van der Waals surface area contributed by atoms with Crippen LogP contribution in [0, 0.1) is 0 Å². The van der Waals surface area contributed by atoms with E-state index in [1.54, 1.807) is 0 Å². The Bertz CT molecular complexity index is 391. The minimum Gasteiger partial charge on any atom is -0.490 e. The van der Waals surface area contributed by atoms with Gasteiger partial charge in [-0.1, -0.05) is 31.3 Å². The summed E-state index contributed by atoms with van der Waals surface area (Å²) < 4.78 is 11.3. The van der Waals surface area contributed by atoms with Gasteiger partial charge in [0.1, 0.15) is 0 Å². The molecule has 4 heteroatoms. The largest absolute Gasteiger partial charge is 0.490 e. The van der Waals surface area contributed by atoms with Crippen LogP contribution in [0.1, 0.15) is 45.1 Å². The predicted molar refractivity (Wildman–Crippen MR) is 76.6 cm³/mol. The van der Waals surface area contributed by atoms with Crippen LogP contribution in [0.25, 0.3) is 0 Å². The van der Waals surface area contributed by atoms with E-state index in [0.717, 1.165) is 17.7 Å². The van der Waals surface area contributed by atoms with Gasteiger partial charge in [0.25, 0.3) is 0 Å². The molecule has 4 nitrogen and oxygen atoms in total. The number of nitrogens with zero attached hydrogens (tertiary/aromatic N) is 1. The van der Waals surface area contributed by atoms with E-state index >= 15 is 0 Å². The summed E-state index contributed by atoms with van der Waals surface area (Å²) in [6, 6.07) is 5.50. The third-order valence-corrected chi connectivity index (χ3v) is 2.73. The summed E-state index contributed by atoms with van der Waals surface area (Å²) in [5, 5.41) is 11.5. The van der Waals surface area contributed by atoms with E-state index in [9.17, 15) is 0 Å². The summed E-state index contributed by atoms with van der Waals surface area (Å²) in [5.41, 5.74) is 0.782. The van der Waals surface area contributed by atoms with Crippen LogP contribution in [-0.4, -0.2) is 24.6 Å². The molecule has 0 aromatic heterocycles. The molecule has 0 aliphatic rings. The van der Waals surface area contributed by atoms with Crippen molar-refractivity contribution < 1.29 is 14.7 Å². The number of rotatable bonds is 9. The molecule has 0 fully saturated rings. The van der Waals surface area contributed by atoms with Gasteiger partial charge in [-0.15, -0.1) is 0 Å². The highest BCUT2D eigenvalue weighted by Gasteiger charge is 2.05. The van der Waals surface area contributed by atoms with Gasteiger partial charge in [-0.25, -0.2) is 0 Å². The molecular formula is C15H23NO3. The standard InChI is InChI=1S/C15H23NO3/c1-3-5-6-7-10-19-14-9-8-13(12-16-17)11-15(14)18-4-2/h8-9,11-12,17H,3-7,10H2,1-2H3/b16-12+. The molecule has 1 aromatic carbocycles. The van der Waals surface area contributed by atoms with Crippen molar-refractivity contribution in [3.63, 3.8) is 0 Å². The molecule has 19 heavy (non-hydrogen) atoms. The SMILES string of the molecule is CCCCCCOc1ccc(/C=N/O)cc1OCC. The lowest BCUT2D eigenvalue weighted by molar-refractivity contribution is 0.270. The van der Waals surface area contributed by atoms with Crippen LogP contribution in [0.4, 0.5) is 0 Å². The Labute approximate surface area is 115 Å². The third kappa shape index (κ3) is 5.64. The van der Waals surface area contributed by atoms with Crippen molar-refractivity contribution in [1.29, 1.82) is 0 Å². The van der Waals surface area contributed by atoms with E-state index in [2.05, 4.69) is 12.1 Å². The van der Waals surface area contributed by atoms with Gasteiger partial charge >= 0.3 is 0 Å². The molecule has 0 radical (unpaired) electrons. The van der Waals surface area contributed by atoms with E-state index in [1.807, 2.05) is 25.1 Å². The number of hydrogen-bond donors (Lipinski definition) is 1. The van der Waals surface area contributed by atoms with Crippen LogP contribution in [0.15, 0.2) is 23.4 Å². The van der Waals surface area contributed by atoms with E-state index < -0.39 is 0 Å². The maximum atomic E-state index is 8.53. The second kappa shape index (κ2) is 9.25. The Morgan fingerprint density at radius 2 is 1.95 bits per heavy atom. The predicted octanol–water partition coefficient (Wildman–Crippen LogP) is 3.85. The molecule has 0 amide bonds. The summed E-state index contributed by atoms with van der Waals surface area (Å²) in [7, 11) is 0. The van der Waals surface area contributed by atoms with Crippen LogP contribution < -0.4 is 9.47 Å². The Balaban J connectivity index is 2.60. The average molecular weight is 265 g/mol. The molecule has 1 N–H and O–H groups in total. The minimum atomic E-state index is 0.575. The Kier molecular flexibility index (Phi) is 7.47. The molecule has 0 bridgehead atoms. The fourth-order valence-electron chi connectivity index (χ4n) is 1.77. The van der Waals surface area contributed by atoms with Gasteiger partial charge < -0.3 is 14.7 Å². The van der Waals surface area contributed by atoms with Gasteiger partial charge in [0, 0.05) is 5.56 Å². The molecule has 0 saturated carbocycles. The number of unbranched alkanes of at least 4 members (excludes halogenated alkanes) is 3. The summed E-state index contributed by atoms with van der Waals surface area (Å²) in [6.07, 6.45) is 6.08. The summed E-state index contributed by atoms with van der Waals surface area (Å²) in [6.45, 7) is 5.40. The van der Waals surface area contributed by atoms with Crippen molar-refractivity contribution in [2.75, 3.05) is 13.2 Å². The minimum absolute atomic E-state index is 0.575. The van der Waals surface area contributed by atoms with E-state index in [4.69, 9.17) is 14.7 Å². The molecule has 0 spiro atoms. The fraction of sp³-hybridized carbons (Fsp3) is 0.533. The number of ether oxygens (including phenoxy) is 2. The zero-order valence-electron chi connectivity index (χ0n) is 11.8. The quantitative estimate of drug-likeness (QED) is 0.319. The molecule has 0 aliphatic carbocycles. The summed E-state index contributed by atoms with van der Waals surface area (Å²) >= 11 is 0. The lowest BCUT2D eigenvalue weighted by Gasteiger charge is -2.12. The topological polar surface area (TPSA) is 51.0 Å². The van der Waals surface area contributed by atoms with Crippen LogP contribution >= 0.6 is 0 Å². The average Bonchev–Trinajstić information content (AvgIpc) is 2.41. The second-order valence-electron chi connectivity index (χ2n) is 4.29.